The molecule has 3 N–H and O–H groups in total. The molecule has 0 spiro atoms. The van der Waals surface area contributed by atoms with Crippen molar-refractivity contribution in [3.05, 3.63) is 11.9 Å². The first-order chi connectivity index (χ1) is 4.34. The first-order valence-corrected chi connectivity index (χ1v) is 3.12. The van der Waals surface area contributed by atoms with Crippen molar-refractivity contribution in [2.45, 2.75) is 19.8 Å². The lowest BCUT2D eigenvalue weighted by molar-refractivity contribution is 0.869. The van der Waals surface area contributed by atoms with E-state index >= 15 is 0 Å². The van der Waals surface area contributed by atoms with E-state index in [0.29, 0.717) is 0 Å². The van der Waals surface area contributed by atoms with E-state index in [9.17, 15) is 0 Å². The molecule has 0 saturated carbocycles. The van der Waals surface area contributed by atoms with Crippen molar-refractivity contribution in [3.8, 4) is 0 Å². The fourth-order valence-electron chi connectivity index (χ4n) is 0.772. The molecule has 0 bridgehead atoms. The van der Waals surface area contributed by atoms with E-state index in [1.165, 1.54) is 0 Å². The molecule has 0 aromatic carbocycles. The Kier molecular flexibility index (Phi) is 1.72. The molecular weight excluding hydrogens is 114 g/mol. The molecule has 0 radical (unpaired) electrons. The second-order valence-corrected chi connectivity index (χ2v) is 2.05. The van der Waals surface area contributed by atoms with Crippen LogP contribution in [-0.4, -0.2) is 10.2 Å². The molecule has 0 aliphatic rings. The number of H-pyrrole nitrogens is 1. The second-order valence-electron chi connectivity index (χ2n) is 2.05. The number of aryl methyl sites for hydroxylation is 1. The third-order valence-corrected chi connectivity index (χ3v) is 1.25. The van der Waals surface area contributed by atoms with Crippen LogP contribution in [0.1, 0.15) is 19.0 Å². The number of aromatic nitrogens is 2. The van der Waals surface area contributed by atoms with Crippen molar-refractivity contribution >= 4 is 5.69 Å². The van der Waals surface area contributed by atoms with Crippen LogP contribution in [0.25, 0.3) is 0 Å². The Hall–Kier alpha value is -0.990. The maximum Gasteiger partial charge on any atom is 0.0730 e. The topological polar surface area (TPSA) is 54.7 Å². The van der Waals surface area contributed by atoms with Gasteiger partial charge in [0.25, 0.3) is 0 Å². The Morgan fingerprint density at radius 1 is 1.78 bits per heavy atom. The molecule has 1 rings (SSSR count). The standard InChI is InChI=1S/C6H11N3/c1-2-3-6-5(7)4-8-9-6/h4H,2-3,7H2,1H3,(H,8,9). The molecule has 0 fully saturated rings. The van der Waals surface area contributed by atoms with Crippen LogP contribution in [0.4, 0.5) is 5.69 Å². The van der Waals surface area contributed by atoms with Gasteiger partial charge in [0.1, 0.15) is 0 Å². The summed E-state index contributed by atoms with van der Waals surface area (Å²) in [7, 11) is 0. The third kappa shape index (κ3) is 1.22. The number of nitrogen functional groups attached to an aromatic ring is 1. The molecule has 3 heteroatoms. The summed E-state index contributed by atoms with van der Waals surface area (Å²) in [6, 6.07) is 0. The number of hydrogen-bond acceptors (Lipinski definition) is 2. The van der Waals surface area contributed by atoms with Gasteiger partial charge in [0.15, 0.2) is 0 Å². The van der Waals surface area contributed by atoms with Crippen LogP contribution < -0.4 is 5.73 Å². The summed E-state index contributed by atoms with van der Waals surface area (Å²) in [5.74, 6) is 0. The third-order valence-electron chi connectivity index (χ3n) is 1.25. The molecular formula is C6H11N3. The van der Waals surface area contributed by atoms with Crippen LogP contribution in [0.2, 0.25) is 0 Å². The van der Waals surface area contributed by atoms with Gasteiger partial charge in [-0.15, -0.1) is 0 Å². The van der Waals surface area contributed by atoms with E-state index in [-0.39, 0.29) is 0 Å². The summed E-state index contributed by atoms with van der Waals surface area (Å²) >= 11 is 0. The average Bonchev–Trinajstić information content (AvgIpc) is 2.18. The first kappa shape index (κ1) is 6.13. The normalized spacial score (nSPS) is 9.89. The lowest BCUT2D eigenvalue weighted by Gasteiger charge is -1.91. The molecule has 3 nitrogen and oxygen atoms in total. The number of nitrogens with zero attached hydrogens (tertiary/aromatic N) is 1. The zero-order chi connectivity index (χ0) is 6.69. The highest BCUT2D eigenvalue weighted by molar-refractivity contribution is 5.39. The van der Waals surface area contributed by atoms with Crippen molar-refractivity contribution in [1.29, 1.82) is 0 Å². The molecule has 1 aromatic rings. The number of aromatic amines is 1. The van der Waals surface area contributed by atoms with Crippen LogP contribution in [0.5, 0.6) is 0 Å². The van der Waals surface area contributed by atoms with Crippen molar-refractivity contribution in [2.75, 3.05) is 5.73 Å². The van der Waals surface area contributed by atoms with Gasteiger partial charge in [-0.2, -0.15) is 5.10 Å². The summed E-state index contributed by atoms with van der Waals surface area (Å²) in [5, 5.41) is 6.62. The number of hydrogen-bond donors (Lipinski definition) is 2. The first-order valence-electron chi connectivity index (χ1n) is 3.12. The summed E-state index contributed by atoms with van der Waals surface area (Å²) in [6.45, 7) is 2.11. The summed E-state index contributed by atoms with van der Waals surface area (Å²) in [6.07, 6.45) is 3.74. The minimum Gasteiger partial charge on any atom is -0.396 e. The van der Waals surface area contributed by atoms with Gasteiger partial charge in [-0.3, -0.25) is 5.10 Å². The highest BCUT2D eigenvalue weighted by Gasteiger charge is 1.96. The summed E-state index contributed by atoms with van der Waals surface area (Å²) in [4.78, 5) is 0. The van der Waals surface area contributed by atoms with Gasteiger partial charge in [0, 0.05) is 0 Å². The van der Waals surface area contributed by atoms with Crippen LogP contribution >= 0.6 is 0 Å². The quantitative estimate of drug-likeness (QED) is 0.618. The predicted octanol–water partition coefficient (Wildman–Crippen LogP) is 0.944. The highest BCUT2D eigenvalue weighted by Crippen LogP contribution is 2.07. The molecule has 0 atom stereocenters. The van der Waals surface area contributed by atoms with Crippen molar-refractivity contribution in [1.82, 2.24) is 10.2 Å². The van der Waals surface area contributed by atoms with Crippen molar-refractivity contribution in [2.24, 2.45) is 0 Å². The van der Waals surface area contributed by atoms with Crippen LogP contribution in [-0.2, 0) is 6.42 Å². The Balaban J connectivity index is 2.69. The largest absolute Gasteiger partial charge is 0.396 e. The molecule has 1 heterocycles. The van der Waals surface area contributed by atoms with Gasteiger partial charge < -0.3 is 5.73 Å². The minimum atomic E-state index is 0.775. The zero-order valence-electron chi connectivity index (χ0n) is 5.52. The lowest BCUT2D eigenvalue weighted by atomic mass is 10.2. The van der Waals surface area contributed by atoms with E-state index in [2.05, 4.69) is 17.1 Å². The van der Waals surface area contributed by atoms with E-state index in [1.54, 1.807) is 6.20 Å². The second kappa shape index (κ2) is 2.53. The fourth-order valence-corrected chi connectivity index (χ4v) is 0.772. The molecule has 50 valence electrons. The molecule has 1 aromatic heterocycles. The maximum absolute atomic E-state index is 5.53. The number of anilines is 1. The minimum absolute atomic E-state index is 0.775. The Bertz CT molecular complexity index is 180. The van der Waals surface area contributed by atoms with E-state index in [1.807, 2.05) is 0 Å². The summed E-state index contributed by atoms with van der Waals surface area (Å²) in [5.41, 5.74) is 7.36. The molecule has 0 aliphatic carbocycles. The number of rotatable bonds is 2. The Labute approximate surface area is 54.3 Å². The van der Waals surface area contributed by atoms with Crippen LogP contribution in [0, 0.1) is 0 Å². The predicted molar refractivity (Wildman–Crippen MR) is 37.0 cm³/mol. The average molecular weight is 125 g/mol. The van der Waals surface area contributed by atoms with Crippen LogP contribution in [0.15, 0.2) is 6.20 Å². The Morgan fingerprint density at radius 3 is 3.00 bits per heavy atom. The van der Waals surface area contributed by atoms with Gasteiger partial charge in [-0.05, 0) is 6.42 Å². The lowest BCUT2D eigenvalue weighted by Crippen LogP contribution is -1.90. The van der Waals surface area contributed by atoms with E-state index in [0.717, 1.165) is 24.2 Å². The Morgan fingerprint density at radius 2 is 2.56 bits per heavy atom. The van der Waals surface area contributed by atoms with Gasteiger partial charge in [-0.1, -0.05) is 13.3 Å². The molecule has 0 amide bonds. The molecule has 0 saturated heterocycles. The fraction of sp³-hybridized carbons (Fsp3) is 0.500. The van der Waals surface area contributed by atoms with Gasteiger partial charge in [0.2, 0.25) is 0 Å². The van der Waals surface area contributed by atoms with Gasteiger partial charge in [-0.25, -0.2) is 0 Å². The van der Waals surface area contributed by atoms with Crippen LogP contribution in [0.3, 0.4) is 0 Å². The number of nitrogens with one attached hydrogen (secondary N) is 1. The summed E-state index contributed by atoms with van der Waals surface area (Å²) < 4.78 is 0. The highest BCUT2D eigenvalue weighted by atomic mass is 15.1. The van der Waals surface area contributed by atoms with E-state index < -0.39 is 0 Å². The molecule has 0 aliphatic heterocycles. The van der Waals surface area contributed by atoms with E-state index in [4.69, 9.17) is 5.73 Å². The zero-order valence-corrected chi connectivity index (χ0v) is 5.52. The molecule has 0 unspecified atom stereocenters. The smallest absolute Gasteiger partial charge is 0.0730 e. The maximum atomic E-state index is 5.53. The SMILES string of the molecule is CCCc1[nH]ncc1N. The van der Waals surface area contributed by atoms with Gasteiger partial charge >= 0.3 is 0 Å². The molecule has 9 heavy (non-hydrogen) atoms. The van der Waals surface area contributed by atoms with Crippen molar-refractivity contribution in [3.63, 3.8) is 0 Å². The van der Waals surface area contributed by atoms with Gasteiger partial charge in [0.05, 0.1) is 17.6 Å². The monoisotopic (exact) mass is 125 g/mol. The van der Waals surface area contributed by atoms with Crippen molar-refractivity contribution < 1.29 is 0 Å². The number of nitrogens with two attached hydrogens (primary N) is 1.